The lowest BCUT2D eigenvalue weighted by atomic mass is 10.2. The second kappa shape index (κ2) is 3.11. The van der Waals surface area contributed by atoms with Crippen LogP contribution < -0.4 is 0 Å². The summed E-state index contributed by atoms with van der Waals surface area (Å²) in [4.78, 5) is 7.01. The van der Waals surface area contributed by atoms with E-state index in [4.69, 9.17) is 0 Å². The molecular weight excluding hydrogens is 216 g/mol. The number of nitrogens with one attached hydrogen (secondary N) is 1. The zero-order chi connectivity index (χ0) is 8.39. The highest BCUT2D eigenvalue weighted by atomic mass is 79.9. The number of rotatable bonds is 1. The van der Waals surface area contributed by atoms with E-state index < -0.39 is 0 Å². The Kier molecular flexibility index (Phi) is 1.96. The first-order valence-corrected chi connectivity index (χ1v) is 4.33. The maximum Gasteiger partial charge on any atom is 0.138 e. The quantitative estimate of drug-likeness (QED) is 0.789. The summed E-state index contributed by atoms with van der Waals surface area (Å²) in [5.74, 6) is 0.850. The van der Waals surface area contributed by atoms with Crippen molar-refractivity contribution in [1.29, 1.82) is 0 Å². The van der Waals surface area contributed by atoms with Crippen LogP contribution in [0.3, 0.4) is 0 Å². The highest BCUT2D eigenvalue weighted by molar-refractivity contribution is 9.10. The molecule has 0 aliphatic rings. The second-order valence-corrected chi connectivity index (χ2v) is 3.30. The van der Waals surface area contributed by atoms with Crippen molar-refractivity contribution in [3.8, 4) is 11.4 Å². The number of nitrogens with zero attached hydrogens (tertiary/aromatic N) is 1. The fraction of sp³-hybridized carbons (Fsp3) is 0. The van der Waals surface area contributed by atoms with Crippen LogP contribution in [0.1, 0.15) is 0 Å². The van der Waals surface area contributed by atoms with Crippen molar-refractivity contribution < 1.29 is 0 Å². The third-order valence-corrected chi connectivity index (χ3v) is 2.10. The Hall–Kier alpha value is -1.09. The summed E-state index contributed by atoms with van der Waals surface area (Å²) in [5.41, 5.74) is 1.07. The Balaban J connectivity index is 2.43. The van der Waals surface area contributed by atoms with E-state index in [1.807, 2.05) is 24.3 Å². The predicted molar refractivity (Wildman–Crippen MR) is 50.6 cm³/mol. The number of imidazole rings is 1. The third kappa shape index (κ3) is 1.41. The first kappa shape index (κ1) is 7.55. The summed E-state index contributed by atoms with van der Waals surface area (Å²) >= 11 is 3.37. The minimum Gasteiger partial charge on any atom is -0.344 e. The number of aromatic nitrogens is 2. The van der Waals surface area contributed by atoms with Crippen LogP contribution in [0.4, 0.5) is 0 Å². The monoisotopic (exact) mass is 221 g/mol. The molecule has 59 valence electrons. The molecule has 1 aromatic carbocycles. The summed E-state index contributed by atoms with van der Waals surface area (Å²) < 4.78 is 1.07. The van der Waals surface area contributed by atoms with E-state index in [1.165, 1.54) is 0 Å². The van der Waals surface area contributed by atoms with Gasteiger partial charge in [-0.25, -0.2) is 4.98 Å². The lowest BCUT2D eigenvalue weighted by Gasteiger charge is -1.95. The SMILES string of the molecule is Brc1ccc(-c2n[c]c[nH]2)cc1. The Morgan fingerprint density at radius 3 is 2.58 bits per heavy atom. The van der Waals surface area contributed by atoms with Gasteiger partial charge in [0.15, 0.2) is 0 Å². The van der Waals surface area contributed by atoms with Crippen molar-refractivity contribution in [3.63, 3.8) is 0 Å². The molecule has 2 aromatic rings. The van der Waals surface area contributed by atoms with Gasteiger partial charge in [0.25, 0.3) is 0 Å². The normalized spacial score (nSPS) is 10.1. The molecule has 12 heavy (non-hydrogen) atoms. The van der Waals surface area contributed by atoms with Crippen molar-refractivity contribution in [3.05, 3.63) is 41.1 Å². The molecule has 0 saturated carbocycles. The number of hydrogen-bond acceptors (Lipinski definition) is 1. The van der Waals surface area contributed by atoms with Gasteiger partial charge in [0.05, 0.1) is 0 Å². The molecular formula is C9H6BrN2. The van der Waals surface area contributed by atoms with Crippen LogP contribution in [-0.2, 0) is 0 Å². The van der Waals surface area contributed by atoms with E-state index >= 15 is 0 Å². The third-order valence-electron chi connectivity index (χ3n) is 1.57. The lowest BCUT2D eigenvalue weighted by Crippen LogP contribution is -1.78. The molecule has 2 nitrogen and oxygen atoms in total. The van der Waals surface area contributed by atoms with Crippen molar-refractivity contribution >= 4 is 15.9 Å². The molecule has 0 aliphatic heterocycles. The van der Waals surface area contributed by atoms with Gasteiger partial charge in [0.2, 0.25) is 0 Å². The molecule has 1 aromatic heterocycles. The molecule has 1 N–H and O–H groups in total. The van der Waals surface area contributed by atoms with E-state index in [0.717, 1.165) is 15.9 Å². The first-order valence-electron chi connectivity index (χ1n) is 3.53. The fourth-order valence-corrected chi connectivity index (χ4v) is 1.25. The topological polar surface area (TPSA) is 28.7 Å². The van der Waals surface area contributed by atoms with Crippen LogP contribution in [0.2, 0.25) is 0 Å². The molecule has 0 bridgehead atoms. The predicted octanol–water partition coefficient (Wildman–Crippen LogP) is 2.64. The molecule has 0 saturated heterocycles. The van der Waals surface area contributed by atoms with E-state index in [0.29, 0.717) is 0 Å². The van der Waals surface area contributed by atoms with E-state index in [-0.39, 0.29) is 0 Å². The summed E-state index contributed by atoms with van der Waals surface area (Å²) in [6.45, 7) is 0. The molecule has 0 spiro atoms. The van der Waals surface area contributed by atoms with Crippen LogP contribution in [0, 0.1) is 6.20 Å². The highest BCUT2D eigenvalue weighted by Crippen LogP contribution is 2.17. The van der Waals surface area contributed by atoms with Gasteiger partial charge in [-0.05, 0) is 12.1 Å². The Morgan fingerprint density at radius 2 is 2.00 bits per heavy atom. The maximum absolute atomic E-state index is 4.02. The smallest absolute Gasteiger partial charge is 0.138 e. The van der Waals surface area contributed by atoms with Gasteiger partial charge in [0, 0.05) is 16.2 Å². The number of benzene rings is 1. The van der Waals surface area contributed by atoms with Gasteiger partial charge in [-0.1, -0.05) is 28.1 Å². The van der Waals surface area contributed by atoms with Crippen molar-refractivity contribution in [1.82, 2.24) is 9.97 Å². The maximum atomic E-state index is 4.02. The van der Waals surface area contributed by atoms with Crippen LogP contribution in [0.25, 0.3) is 11.4 Å². The van der Waals surface area contributed by atoms with Gasteiger partial charge in [0.1, 0.15) is 12.0 Å². The number of H-pyrrole nitrogens is 1. The highest BCUT2D eigenvalue weighted by Gasteiger charge is 1.97. The van der Waals surface area contributed by atoms with Crippen molar-refractivity contribution in [2.24, 2.45) is 0 Å². The average Bonchev–Trinajstić information content (AvgIpc) is 2.58. The summed E-state index contributed by atoms with van der Waals surface area (Å²) in [6, 6.07) is 7.96. The largest absolute Gasteiger partial charge is 0.344 e. The van der Waals surface area contributed by atoms with Gasteiger partial charge < -0.3 is 4.98 Å². The standard InChI is InChI=1S/C9H6BrN2/c10-8-3-1-7(2-4-8)9-11-5-6-12-9/h1-5H,(H,11,12). The molecule has 3 heteroatoms. The number of hydrogen-bond donors (Lipinski definition) is 1. The number of aromatic amines is 1. The lowest BCUT2D eigenvalue weighted by molar-refractivity contribution is 1.31. The Bertz CT molecular complexity index is 351. The van der Waals surface area contributed by atoms with Gasteiger partial charge in [-0.15, -0.1) is 0 Å². The molecule has 2 rings (SSSR count). The number of halogens is 1. The van der Waals surface area contributed by atoms with Crippen molar-refractivity contribution in [2.75, 3.05) is 0 Å². The summed E-state index contributed by atoms with van der Waals surface area (Å²) in [7, 11) is 0. The van der Waals surface area contributed by atoms with Crippen LogP contribution in [0.5, 0.6) is 0 Å². The van der Waals surface area contributed by atoms with Gasteiger partial charge in [-0.3, -0.25) is 0 Å². The molecule has 0 amide bonds. The minimum atomic E-state index is 0.850. The fourth-order valence-electron chi connectivity index (χ4n) is 0.985. The molecule has 1 heterocycles. The van der Waals surface area contributed by atoms with Gasteiger partial charge >= 0.3 is 0 Å². The minimum absolute atomic E-state index is 0.850. The van der Waals surface area contributed by atoms with E-state index in [9.17, 15) is 0 Å². The second-order valence-electron chi connectivity index (χ2n) is 2.39. The molecule has 0 unspecified atom stereocenters. The molecule has 0 atom stereocenters. The molecule has 0 fully saturated rings. The van der Waals surface area contributed by atoms with Crippen molar-refractivity contribution in [2.45, 2.75) is 0 Å². The molecule has 0 aliphatic carbocycles. The zero-order valence-electron chi connectivity index (χ0n) is 6.21. The summed E-state index contributed by atoms with van der Waals surface area (Å²) in [5, 5.41) is 0. The molecule has 1 radical (unpaired) electrons. The van der Waals surface area contributed by atoms with E-state index in [1.54, 1.807) is 6.20 Å². The summed E-state index contributed by atoms with van der Waals surface area (Å²) in [6.07, 6.45) is 4.42. The van der Waals surface area contributed by atoms with Crippen LogP contribution >= 0.6 is 15.9 Å². The first-order chi connectivity index (χ1) is 5.86. The Morgan fingerprint density at radius 1 is 1.25 bits per heavy atom. The van der Waals surface area contributed by atoms with E-state index in [2.05, 4.69) is 32.1 Å². The Labute approximate surface area is 78.8 Å². The van der Waals surface area contributed by atoms with Crippen LogP contribution in [-0.4, -0.2) is 9.97 Å². The van der Waals surface area contributed by atoms with Gasteiger partial charge in [-0.2, -0.15) is 0 Å². The van der Waals surface area contributed by atoms with Crippen LogP contribution in [0.15, 0.2) is 34.9 Å². The average molecular weight is 222 g/mol. The zero-order valence-corrected chi connectivity index (χ0v) is 7.80.